The molecular formula is C14H18N2O3S. The molecule has 0 radical (unpaired) electrons. The van der Waals surface area contributed by atoms with Gasteiger partial charge in [0.25, 0.3) is 5.91 Å². The Morgan fingerprint density at radius 2 is 2.20 bits per heavy atom. The molecule has 0 aliphatic heterocycles. The molecule has 0 saturated heterocycles. The maximum atomic E-state index is 12.4. The van der Waals surface area contributed by atoms with Crippen LogP contribution in [0.2, 0.25) is 0 Å². The smallest absolute Gasteiger partial charge is 0.265 e. The van der Waals surface area contributed by atoms with Gasteiger partial charge in [-0.05, 0) is 25.3 Å². The van der Waals surface area contributed by atoms with E-state index in [1.54, 1.807) is 11.4 Å². The van der Waals surface area contributed by atoms with Crippen molar-refractivity contribution < 1.29 is 14.7 Å². The monoisotopic (exact) mass is 294 g/mol. The number of amides is 2. The number of primary amides is 1. The Bertz CT molecular complexity index is 540. The van der Waals surface area contributed by atoms with Gasteiger partial charge in [-0.3, -0.25) is 9.59 Å². The number of thiophene rings is 1. The molecular weight excluding hydrogens is 276 g/mol. The Balaban J connectivity index is 2.99. The molecule has 0 spiro atoms. The maximum absolute atomic E-state index is 12.4. The summed E-state index contributed by atoms with van der Waals surface area (Å²) in [6, 6.07) is 1.63. The minimum absolute atomic E-state index is 0.0137. The average Bonchev–Trinajstić information content (AvgIpc) is 2.83. The van der Waals surface area contributed by atoms with Crippen molar-refractivity contribution in [2.45, 2.75) is 26.3 Å². The molecule has 0 aliphatic carbocycles. The SMILES string of the molecule is CC(C)N(CC(N)=O)C(=O)c1sccc1C#CCCO. The third-order valence-electron chi connectivity index (χ3n) is 2.53. The van der Waals surface area contributed by atoms with Crippen molar-refractivity contribution in [1.82, 2.24) is 4.90 Å². The van der Waals surface area contributed by atoms with Crippen LogP contribution in [0.1, 0.15) is 35.5 Å². The van der Waals surface area contributed by atoms with Crippen LogP contribution >= 0.6 is 11.3 Å². The molecule has 1 aromatic rings. The van der Waals surface area contributed by atoms with Crippen molar-refractivity contribution in [3.05, 3.63) is 21.9 Å². The molecule has 0 unspecified atom stereocenters. The molecule has 1 aromatic heterocycles. The van der Waals surface area contributed by atoms with Gasteiger partial charge in [0, 0.05) is 18.0 Å². The highest BCUT2D eigenvalue weighted by molar-refractivity contribution is 7.12. The first-order valence-corrected chi connectivity index (χ1v) is 7.11. The fourth-order valence-corrected chi connectivity index (χ4v) is 2.38. The summed E-state index contributed by atoms with van der Waals surface area (Å²) in [5.41, 5.74) is 5.79. The second kappa shape index (κ2) is 7.68. The van der Waals surface area contributed by atoms with Gasteiger partial charge in [-0.15, -0.1) is 11.3 Å². The minimum Gasteiger partial charge on any atom is -0.395 e. The largest absolute Gasteiger partial charge is 0.395 e. The third kappa shape index (κ3) is 4.37. The van der Waals surface area contributed by atoms with Gasteiger partial charge in [0.2, 0.25) is 5.91 Å². The molecule has 20 heavy (non-hydrogen) atoms. The number of hydrogen-bond donors (Lipinski definition) is 2. The Kier molecular flexibility index (Phi) is 6.22. The molecule has 3 N–H and O–H groups in total. The first-order chi connectivity index (χ1) is 9.47. The Morgan fingerprint density at radius 3 is 2.75 bits per heavy atom. The lowest BCUT2D eigenvalue weighted by Crippen LogP contribution is -2.42. The zero-order chi connectivity index (χ0) is 15.1. The van der Waals surface area contributed by atoms with Gasteiger partial charge in [-0.2, -0.15) is 0 Å². The second-order valence-corrected chi connectivity index (χ2v) is 5.35. The van der Waals surface area contributed by atoms with Gasteiger partial charge < -0.3 is 15.7 Å². The quantitative estimate of drug-likeness (QED) is 0.789. The highest BCUT2D eigenvalue weighted by Crippen LogP contribution is 2.19. The first-order valence-electron chi connectivity index (χ1n) is 6.23. The van der Waals surface area contributed by atoms with Crippen LogP contribution < -0.4 is 5.73 Å². The lowest BCUT2D eigenvalue weighted by atomic mass is 10.2. The van der Waals surface area contributed by atoms with E-state index in [1.807, 2.05) is 13.8 Å². The number of carbonyl (C=O) groups is 2. The number of hydrogen-bond acceptors (Lipinski definition) is 4. The van der Waals surface area contributed by atoms with Crippen molar-refractivity contribution >= 4 is 23.2 Å². The normalized spacial score (nSPS) is 10.0. The molecule has 0 bridgehead atoms. The maximum Gasteiger partial charge on any atom is 0.265 e. The molecule has 0 saturated carbocycles. The third-order valence-corrected chi connectivity index (χ3v) is 3.43. The predicted molar refractivity (Wildman–Crippen MR) is 78.3 cm³/mol. The topological polar surface area (TPSA) is 83.6 Å². The zero-order valence-electron chi connectivity index (χ0n) is 11.5. The summed E-state index contributed by atoms with van der Waals surface area (Å²) in [5, 5.41) is 10.5. The van der Waals surface area contributed by atoms with Crippen molar-refractivity contribution in [3.8, 4) is 11.8 Å². The molecule has 0 aliphatic rings. The Hall–Kier alpha value is -1.84. The number of nitrogens with two attached hydrogens (primary N) is 1. The summed E-state index contributed by atoms with van der Waals surface area (Å²) in [6.07, 6.45) is 0.360. The molecule has 0 fully saturated rings. The van der Waals surface area contributed by atoms with E-state index in [1.165, 1.54) is 16.2 Å². The van der Waals surface area contributed by atoms with Crippen LogP contribution in [0.4, 0.5) is 0 Å². The molecule has 1 rings (SSSR count). The van der Waals surface area contributed by atoms with E-state index in [2.05, 4.69) is 11.8 Å². The lowest BCUT2D eigenvalue weighted by Gasteiger charge is -2.24. The summed E-state index contributed by atoms with van der Waals surface area (Å²) in [7, 11) is 0. The standard InChI is InChI=1S/C14H18N2O3S/c1-10(2)16(9-12(15)18)14(19)13-11(6-8-20-13)5-3-4-7-17/h6,8,10,17H,4,7,9H2,1-2H3,(H2,15,18). The summed E-state index contributed by atoms with van der Waals surface area (Å²) in [4.78, 5) is 25.4. The molecule has 0 aromatic carbocycles. The second-order valence-electron chi connectivity index (χ2n) is 4.43. The predicted octanol–water partition coefficient (Wildman–Crippen LogP) is 0.818. The van der Waals surface area contributed by atoms with E-state index in [9.17, 15) is 9.59 Å². The van der Waals surface area contributed by atoms with Crippen molar-refractivity contribution in [3.63, 3.8) is 0 Å². The van der Waals surface area contributed by atoms with Crippen molar-refractivity contribution in [1.29, 1.82) is 0 Å². The van der Waals surface area contributed by atoms with Gasteiger partial charge in [-0.1, -0.05) is 11.8 Å². The molecule has 108 valence electrons. The van der Waals surface area contributed by atoms with Crippen LogP contribution in [-0.4, -0.2) is 41.0 Å². The van der Waals surface area contributed by atoms with E-state index < -0.39 is 5.91 Å². The fourth-order valence-electron chi connectivity index (χ4n) is 1.57. The van der Waals surface area contributed by atoms with Gasteiger partial charge in [0.15, 0.2) is 0 Å². The van der Waals surface area contributed by atoms with Crippen LogP contribution in [0.15, 0.2) is 11.4 Å². The van der Waals surface area contributed by atoms with Gasteiger partial charge in [0.1, 0.15) is 4.88 Å². The summed E-state index contributed by atoms with van der Waals surface area (Å²) >= 11 is 1.28. The number of nitrogens with zero attached hydrogens (tertiary/aromatic N) is 1. The molecule has 2 amide bonds. The van der Waals surface area contributed by atoms with Crippen LogP contribution in [0.25, 0.3) is 0 Å². The number of aliphatic hydroxyl groups is 1. The van der Waals surface area contributed by atoms with Crippen molar-refractivity contribution in [2.75, 3.05) is 13.2 Å². The lowest BCUT2D eigenvalue weighted by molar-refractivity contribution is -0.119. The van der Waals surface area contributed by atoms with E-state index in [0.717, 1.165) is 0 Å². The molecule has 5 nitrogen and oxygen atoms in total. The Morgan fingerprint density at radius 1 is 1.50 bits per heavy atom. The van der Waals surface area contributed by atoms with Gasteiger partial charge in [0.05, 0.1) is 13.2 Å². The van der Waals surface area contributed by atoms with E-state index >= 15 is 0 Å². The first kappa shape index (κ1) is 16.2. The summed E-state index contributed by atoms with van der Waals surface area (Å²) < 4.78 is 0. The highest BCUT2D eigenvalue weighted by Gasteiger charge is 2.23. The fraction of sp³-hybridized carbons (Fsp3) is 0.429. The molecule has 1 heterocycles. The van der Waals surface area contributed by atoms with E-state index in [-0.39, 0.29) is 25.1 Å². The van der Waals surface area contributed by atoms with Gasteiger partial charge >= 0.3 is 0 Å². The minimum atomic E-state index is -0.545. The number of carbonyl (C=O) groups excluding carboxylic acids is 2. The van der Waals surface area contributed by atoms with E-state index in [4.69, 9.17) is 10.8 Å². The summed E-state index contributed by atoms with van der Waals surface area (Å²) in [5.74, 6) is 4.85. The van der Waals surface area contributed by atoms with Crippen LogP contribution in [0.3, 0.4) is 0 Å². The van der Waals surface area contributed by atoms with Gasteiger partial charge in [-0.25, -0.2) is 0 Å². The van der Waals surface area contributed by atoms with Crippen LogP contribution in [0, 0.1) is 11.8 Å². The zero-order valence-corrected chi connectivity index (χ0v) is 12.4. The Labute approximate surface area is 122 Å². The average molecular weight is 294 g/mol. The summed E-state index contributed by atoms with van der Waals surface area (Å²) in [6.45, 7) is 3.52. The molecule has 6 heteroatoms. The van der Waals surface area contributed by atoms with Crippen LogP contribution in [0.5, 0.6) is 0 Å². The molecule has 0 atom stereocenters. The van der Waals surface area contributed by atoms with E-state index in [0.29, 0.717) is 16.9 Å². The van der Waals surface area contributed by atoms with Crippen LogP contribution in [-0.2, 0) is 4.79 Å². The highest BCUT2D eigenvalue weighted by atomic mass is 32.1. The number of rotatable bonds is 5. The number of aliphatic hydroxyl groups excluding tert-OH is 1. The van der Waals surface area contributed by atoms with Crippen molar-refractivity contribution in [2.24, 2.45) is 5.73 Å².